The van der Waals surface area contributed by atoms with Crippen molar-refractivity contribution in [1.29, 1.82) is 0 Å². The highest BCUT2D eigenvalue weighted by atomic mass is 35.5. The zero-order valence-corrected chi connectivity index (χ0v) is 17.7. The molecule has 0 aromatic heterocycles. The Kier molecular flexibility index (Phi) is 7.29. The monoisotopic (exact) mass is 444 g/mol. The zero-order valence-electron chi connectivity index (χ0n) is 14.7. The molecule has 0 spiro atoms. The molecule has 0 unspecified atom stereocenters. The van der Waals surface area contributed by atoms with Gasteiger partial charge < -0.3 is 5.32 Å². The van der Waals surface area contributed by atoms with Crippen molar-refractivity contribution in [3.05, 3.63) is 67.6 Å². The Labute approximate surface area is 179 Å². The molecular formula is C20H20Cl4N2O. The number of carbonyl (C=O) groups is 1. The van der Waals surface area contributed by atoms with Crippen LogP contribution >= 0.6 is 46.4 Å². The van der Waals surface area contributed by atoms with Crippen LogP contribution in [0, 0.1) is 5.92 Å². The minimum absolute atomic E-state index is 0.0288. The van der Waals surface area contributed by atoms with E-state index in [4.69, 9.17) is 46.4 Å². The fraction of sp³-hybridized carbons (Fsp3) is 0.350. The highest BCUT2D eigenvalue weighted by molar-refractivity contribution is 6.42. The number of hydrogen-bond acceptors (Lipinski definition) is 2. The van der Waals surface area contributed by atoms with Crippen LogP contribution in [-0.2, 0) is 17.9 Å². The van der Waals surface area contributed by atoms with Crippen LogP contribution in [0.1, 0.15) is 24.0 Å². The number of piperidine rings is 1. The number of halogens is 4. The number of nitrogens with one attached hydrogen (secondary N) is 1. The van der Waals surface area contributed by atoms with Gasteiger partial charge in [-0.25, -0.2) is 0 Å². The molecule has 0 bridgehead atoms. The standard InChI is InChI=1S/C20H20Cl4N2O/c21-16-3-2-15(18(23)10-16)11-25-20(27)14-5-7-26(8-6-14)12-13-1-4-17(22)19(24)9-13/h1-4,9-10,14H,5-8,11-12H2,(H,25,27). The van der Waals surface area contributed by atoms with Gasteiger partial charge in [-0.3, -0.25) is 9.69 Å². The van der Waals surface area contributed by atoms with Gasteiger partial charge in [-0.1, -0.05) is 58.5 Å². The molecule has 27 heavy (non-hydrogen) atoms. The van der Waals surface area contributed by atoms with Crippen molar-refractivity contribution < 1.29 is 4.79 Å². The smallest absolute Gasteiger partial charge is 0.223 e. The maximum absolute atomic E-state index is 12.5. The Morgan fingerprint density at radius 1 is 0.963 bits per heavy atom. The fourth-order valence-corrected chi connectivity index (χ4v) is 4.04. The number of carbonyl (C=O) groups excluding carboxylic acids is 1. The molecule has 1 aliphatic heterocycles. The highest BCUT2D eigenvalue weighted by Crippen LogP contribution is 2.25. The topological polar surface area (TPSA) is 32.3 Å². The van der Waals surface area contributed by atoms with E-state index in [2.05, 4.69) is 10.2 Å². The Morgan fingerprint density at radius 2 is 1.70 bits per heavy atom. The summed E-state index contributed by atoms with van der Waals surface area (Å²) in [5, 5.41) is 5.29. The van der Waals surface area contributed by atoms with Gasteiger partial charge in [0.1, 0.15) is 0 Å². The summed E-state index contributed by atoms with van der Waals surface area (Å²) in [6.07, 6.45) is 1.67. The maximum Gasteiger partial charge on any atom is 0.223 e. The summed E-state index contributed by atoms with van der Waals surface area (Å²) in [6, 6.07) is 11.0. The number of nitrogens with zero attached hydrogens (tertiary/aromatic N) is 1. The summed E-state index contributed by atoms with van der Waals surface area (Å²) >= 11 is 24.1. The third-order valence-corrected chi connectivity index (χ3v) is 6.14. The van der Waals surface area contributed by atoms with Gasteiger partial charge in [0.2, 0.25) is 5.91 Å². The molecule has 0 aliphatic carbocycles. The average molecular weight is 446 g/mol. The lowest BCUT2D eigenvalue weighted by molar-refractivity contribution is -0.126. The molecule has 3 nitrogen and oxygen atoms in total. The molecule has 1 amide bonds. The number of likely N-dealkylation sites (tertiary alicyclic amines) is 1. The lowest BCUT2D eigenvalue weighted by Gasteiger charge is -2.31. The summed E-state index contributed by atoms with van der Waals surface area (Å²) in [5.41, 5.74) is 2.00. The summed E-state index contributed by atoms with van der Waals surface area (Å²) in [7, 11) is 0. The van der Waals surface area contributed by atoms with E-state index in [0.29, 0.717) is 26.6 Å². The lowest BCUT2D eigenvalue weighted by Crippen LogP contribution is -2.40. The summed E-state index contributed by atoms with van der Waals surface area (Å²) in [4.78, 5) is 14.8. The number of hydrogen-bond donors (Lipinski definition) is 1. The second kappa shape index (κ2) is 9.49. The fourth-order valence-electron chi connectivity index (χ4n) is 3.24. The van der Waals surface area contributed by atoms with E-state index in [1.54, 1.807) is 12.1 Å². The molecule has 1 fully saturated rings. The Morgan fingerprint density at radius 3 is 2.37 bits per heavy atom. The first-order valence-corrected chi connectivity index (χ1v) is 10.3. The van der Waals surface area contributed by atoms with Crippen LogP contribution in [0.25, 0.3) is 0 Å². The molecule has 1 N–H and O–H groups in total. The molecule has 2 aromatic rings. The Balaban J connectivity index is 1.46. The van der Waals surface area contributed by atoms with E-state index in [-0.39, 0.29) is 11.8 Å². The van der Waals surface area contributed by atoms with Gasteiger partial charge in [-0.15, -0.1) is 0 Å². The van der Waals surface area contributed by atoms with Crippen molar-refractivity contribution in [1.82, 2.24) is 10.2 Å². The molecule has 0 atom stereocenters. The first-order chi connectivity index (χ1) is 12.9. The normalized spacial score (nSPS) is 15.7. The second-order valence-electron chi connectivity index (χ2n) is 6.75. The van der Waals surface area contributed by atoms with Gasteiger partial charge in [0.25, 0.3) is 0 Å². The van der Waals surface area contributed by atoms with E-state index in [9.17, 15) is 4.79 Å². The summed E-state index contributed by atoms with van der Waals surface area (Å²) in [6.45, 7) is 2.98. The molecule has 2 aromatic carbocycles. The van der Waals surface area contributed by atoms with Gasteiger partial charge >= 0.3 is 0 Å². The number of benzene rings is 2. The van der Waals surface area contributed by atoms with Crippen molar-refractivity contribution in [2.24, 2.45) is 5.92 Å². The van der Waals surface area contributed by atoms with E-state index >= 15 is 0 Å². The lowest BCUT2D eigenvalue weighted by atomic mass is 9.95. The number of amides is 1. The largest absolute Gasteiger partial charge is 0.352 e. The van der Waals surface area contributed by atoms with Crippen molar-refractivity contribution >= 4 is 52.3 Å². The van der Waals surface area contributed by atoms with Gasteiger partial charge in [0.15, 0.2) is 0 Å². The van der Waals surface area contributed by atoms with Gasteiger partial charge in [0, 0.05) is 29.1 Å². The van der Waals surface area contributed by atoms with Crippen molar-refractivity contribution in [3.8, 4) is 0 Å². The van der Waals surface area contributed by atoms with Crippen molar-refractivity contribution in [2.75, 3.05) is 13.1 Å². The molecule has 7 heteroatoms. The molecule has 1 heterocycles. The third-order valence-electron chi connectivity index (χ3n) is 4.82. The molecule has 0 radical (unpaired) electrons. The van der Waals surface area contributed by atoms with Gasteiger partial charge in [-0.2, -0.15) is 0 Å². The zero-order chi connectivity index (χ0) is 19.4. The molecule has 144 valence electrons. The van der Waals surface area contributed by atoms with E-state index in [0.717, 1.165) is 43.6 Å². The van der Waals surface area contributed by atoms with Crippen LogP contribution in [-0.4, -0.2) is 23.9 Å². The first kappa shape index (κ1) is 20.8. The average Bonchev–Trinajstić information content (AvgIpc) is 2.64. The minimum atomic E-state index is 0.0288. The quantitative estimate of drug-likeness (QED) is 0.627. The van der Waals surface area contributed by atoms with E-state index in [1.807, 2.05) is 24.3 Å². The van der Waals surface area contributed by atoms with Crippen LogP contribution in [0.15, 0.2) is 36.4 Å². The van der Waals surface area contributed by atoms with Crippen LogP contribution in [0.4, 0.5) is 0 Å². The SMILES string of the molecule is O=C(NCc1ccc(Cl)cc1Cl)C1CCN(Cc2ccc(Cl)c(Cl)c2)CC1. The van der Waals surface area contributed by atoms with Crippen LogP contribution in [0.2, 0.25) is 20.1 Å². The van der Waals surface area contributed by atoms with E-state index < -0.39 is 0 Å². The van der Waals surface area contributed by atoms with Crippen LogP contribution in [0.3, 0.4) is 0 Å². The first-order valence-electron chi connectivity index (χ1n) is 8.80. The highest BCUT2D eigenvalue weighted by Gasteiger charge is 2.25. The predicted octanol–water partition coefficient (Wildman–Crippen LogP) is 5.83. The molecule has 3 rings (SSSR count). The molecule has 1 aliphatic rings. The molecule has 0 saturated carbocycles. The van der Waals surface area contributed by atoms with Crippen molar-refractivity contribution in [3.63, 3.8) is 0 Å². The second-order valence-corrected chi connectivity index (χ2v) is 8.41. The number of rotatable bonds is 5. The molecule has 1 saturated heterocycles. The van der Waals surface area contributed by atoms with Crippen LogP contribution < -0.4 is 5.32 Å². The van der Waals surface area contributed by atoms with Gasteiger partial charge in [-0.05, 0) is 61.3 Å². The Hall–Kier alpha value is -0.970. The van der Waals surface area contributed by atoms with Crippen molar-refractivity contribution in [2.45, 2.75) is 25.9 Å². The van der Waals surface area contributed by atoms with E-state index in [1.165, 1.54) is 0 Å². The summed E-state index contributed by atoms with van der Waals surface area (Å²) in [5.74, 6) is 0.108. The Bertz CT molecular complexity index is 820. The van der Waals surface area contributed by atoms with Crippen LogP contribution in [0.5, 0.6) is 0 Å². The van der Waals surface area contributed by atoms with Gasteiger partial charge in [0.05, 0.1) is 10.0 Å². The summed E-state index contributed by atoms with van der Waals surface area (Å²) < 4.78 is 0. The minimum Gasteiger partial charge on any atom is -0.352 e. The molecular weight excluding hydrogens is 426 g/mol. The predicted molar refractivity (Wildman–Crippen MR) is 113 cm³/mol. The maximum atomic E-state index is 12.5. The third kappa shape index (κ3) is 5.75.